The molecule has 1 heterocycles. The van der Waals surface area contributed by atoms with Gasteiger partial charge in [-0.15, -0.1) is 0 Å². The number of nitrogens with one attached hydrogen (secondary N) is 1. The van der Waals surface area contributed by atoms with Crippen LogP contribution in [-0.2, 0) is 0 Å². The van der Waals surface area contributed by atoms with E-state index >= 15 is 0 Å². The molecule has 2 nitrogen and oxygen atoms in total. The van der Waals surface area contributed by atoms with Crippen LogP contribution < -0.4 is 0 Å². The first-order valence-electron chi connectivity index (χ1n) is 2.90. The predicted octanol–water partition coefficient (Wildman–Crippen LogP) is 2.42. The van der Waals surface area contributed by atoms with Crippen LogP contribution in [0.4, 0.5) is 0 Å². The van der Waals surface area contributed by atoms with Crippen molar-refractivity contribution in [2.75, 3.05) is 0 Å². The number of rotatable bonds is 1. The first-order valence-corrected chi connectivity index (χ1v) is 4.03. The zero-order chi connectivity index (χ0) is 8.48. The predicted molar refractivity (Wildman–Crippen MR) is 46.0 cm³/mol. The Labute approximate surface area is 79.1 Å². The van der Waals surface area contributed by atoms with Crippen molar-refractivity contribution in [2.24, 2.45) is 0 Å². The molecular formula is C6H6Cl3NO. The van der Waals surface area contributed by atoms with Crippen LogP contribution in [0.2, 0.25) is 0 Å². The fourth-order valence-corrected chi connectivity index (χ4v) is 1.04. The van der Waals surface area contributed by atoms with E-state index < -0.39 is 9.90 Å². The van der Waals surface area contributed by atoms with E-state index in [9.17, 15) is 5.11 Å². The zero-order valence-electron chi connectivity index (χ0n) is 5.39. The summed E-state index contributed by atoms with van der Waals surface area (Å²) in [7, 11) is 0. The molecule has 1 atom stereocenters. The van der Waals surface area contributed by atoms with Gasteiger partial charge in [-0.2, -0.15) is 0 Å². The molecule has 0 amide bonds. The van der Waals surface area contributed by atoms with Crippen LogP contribution in [0.1, 0.15) is 11.8 Å². The number of hydrogen-bond acceptors (Lipinski definition) is 1. The Morgan fingerprint density at radius 3 is 2.45 bits per heavy atom. The van der Waals surface area contributed by atoms with Gasteiger partial charge in [-0.05, 0) is 12.1 Å². The lowest BCUT2D eigenvalue weighted by Crippen LogP contribution is -2.16. The number of aromatic nitrogens is 1. The summed E-state index contributed by atoms with van der Waals surface area (Å²) in [6.07, 6.45) is 0.539. The highest BCUT2D eigenvalue weighted by molar-refractivity contribution is 6.67. The molecule has 1 aromatic rings. The van der Waals surface area contributed by atoms with Crippen LogP contribution in [0.25, 0.3) is 0 Å². The summed E-state index contributed by atoms with van der Waals surface area (Å²) in [4.78, 5) is 2.74. The summed E-state index contributed by atoms with van der Waals surface area (Å²) in [6.45, 7) is 0. The molecule has 0 saturated carbocycles. The molecule has 0 aromatic carbocycles. The largest absolute Gasteiger partial charge is 0.382 e. The molecule has 0 aliphatic heterocycles. The van der Waals surface area contributed by atoms with E-state index in [4.69, 9.17) is 34.8 Å². The Morgan fingerprint density at radius 2 is 2.09 bits per heavy atom. The molecule has 1 unspecified atom stereocenters. The van der Waals surface area contributed by atoms with Gasteiger partial charge < -0.3 is 10.1 Å². The van der Waals surface area contributed by atoms with Crippen LogP contribution in [0.15, 0.2) is 18.3 Å². The third-order valence-electron chi connectivity index (χ3n) is 1.23. The van der Waals surface area contributed by atoms with E-state index in [0.29, 0.717) is 5.69 Å². The fourth-order valence-electron chi connectivity index (χ4n) is 0.691. The third-order valence-corrected chi connectivity index (χ3v) is 1.85. The Bertz CT molecular complexity index is 216. The summed E-state index contributed by atoms with van der Waals surface area (Å²) in [5.74, 6) is 0. The van der Waals surface area contributed by atoms with Crippen molar-refractivity contribution in [3.05, 3.63) is 24.0 Å². The maximum atomic E-state index is 9.32. The number of aliphatic hydroxyl groups is 1. The average molecular weight is 214 g/mol. The van der Waals surface area contributed by atoms with Crippen molar-refractivity contribution < 1.29 is 5.11 Å². The molecule has 0 spiro atoms. The van der Waals surface area contributed by atoms with E-state index in [1.807, 2.05) is 0 Å². The summed E-state index contributed by atoms with van der Waals surface area (Å²) in [5, 5.41) is 9.32. The second-order valence-corrected chi connectivity index (χ2v) is 4.44. The Balaban J connectivity index is 2.78. The standard InChI is InChI=1S/C6H6Cl3NO/c7-6(8,9)5(11)4-2-1-3-10-4/h1-3,5,10-11H. The van der Waals surface area contributed by atoms with Gasteiger partial charge in [0.05, 0.1) is 0 Å². The lowest BCUT2D eigenvalue weighted by atomic mass is 10.3. The topological polar surface area (TPSA) is 36.0 Å². The van der Waals surface area contributed by atoms with Crippen molar-refractivity contribution in [3.63, 3.8) is 0 Å². The first kappa shape index (κ1) is 9.20. The lowest BCUT2D eigenvalue weighted by molar-refractivity contribution is 0.178. The molecule has 11 heavy (non-hydrogen) atoms. The van der Waals surface area contributed by atoms with Gasteiger partial charge in [0.25, 0.3) is 0 Å². The SMILES string of the molecule is OC(c1ccc[nH]1)C(Cl)(Cl)Cl. The molecule has 2 N–H and O–H groups in total. The smallest absolute Gasteiger partial charge is 0.221 e. The molecule has 0 saturated heterocycles. The van der Waals surface area contributed by atoms with E-state index in [1.165, 1.54) is 0 Å². The highest BCUT2D eigenvalue weighted by atomic mass is 35.6. The fraction of sp³-hybridized carbons (Fsp3) is 0.333. The van der Waals surface area contributed by atoms with Crippen LogP contribution in [0, 0.1) is 0 Å². The minimum atomic E-state index is -1.68. The summed E-state index contributed by atoms with van der Waals surface area (Å²) < 4.78 is -1.68. The highest BCUT2D eigenvalue weighted by Gasteiger charge is 2.32. The first-order chi connectivity index (χ1) is 5.02. The molecular weight excluding hydrogens is 208 g/mol. The number of H-pyrrole nitrogens is 1. The van der Waals surface area contributed by atoms with Gasteiger partial charge in [0.1, 0.15) is 6.10 Å². The van der Waals surface area contributed by atoms with Gasteiger partial charge >= 0.3 is 0 Å². The van der Waals surface area contributed by atoms with Crippen molar-refractivity contribution in [1.29, 1.82) is 0 Å². The molecule has 1 rings (SSSR count). The van der Waals surface area contributed by atoms with Crippen molar-refractivity contribution in [3.8, 4) is 0 Å². The number of alkyl halides is 3. The molecule has 5 heteroatoms. The number of aromatic amines is 1. The van der Waals surface area contributed by atoms with Crippen molar-refractivity contribution in [1.82, 2.24) is 4.98 Å². The number of hydrogen-bond donors (Lipinski definition) is 2. The molecule has 1 aromatic heterocycles. The monoisotopic (exact) mass is 213 g/mol. The Kier molecular flexibility index (Phi) is 2.70. The molecule has 0 aliphatic carbocycles. The lowest BCUT2D eigenvalue weighted by Gasteiger charge is -2.17. The molecule has 0 fully saturated rings. The van der Waals surface area contributed by atoms with Gasteiger partial charge in [0.2, 0.25) is 3.79 Å². The van der Waals surface area contributed by atoms with Gasteiger partial charge in [0.15, 0.2) is 0 Å². The van der Waals surface area contributed by atoms with Gasteiger partial charge in [-0.3, -0.25) is 0 Å². The van der Waals surface area contributed by atoms with E-state index in [-0.39, 0.29) is 0 Å². The maximum Gasteiger partial charge on any atom is 0.221 e. The summed E-state index contributed by atoms with van der Waals surface area (Å²) >= 11 is 16.3. The molecule has 0 aliphatic rings. The number of halogens is 3. The van der Waals surface area contributed by atoms with E-state index in [0.717, 1.165) is 0 Å². The van der Waals surface area contributed by atoms with Gasteiger partial charge in [0, 0.05) is 11.9 Å². The van der Waals surface area contributed by atoms with Crippen LogP contribution >= 0.6 is 34.8 Å². The average Bonchev–Trinajstić information content (AvgIpc) is 2.34. The molecule has 0 radical (unpaired) electrons. The summed E-state index contributed by atoms with van der Waals surface area (Å²) in [6, 6.07) is 3.36. The molecule has 62 valence electrons. The van der Waals surface area contributed by atoms with Crippen LogP contribution in [0.3, 0.4) is 0 Å². The Morgan fingerprint density at radius 1 is 1.45 bits per heavy atom. The highest BCUT2D eigenvalue weighted by Crippen LogP contribution is 2.38. The van der Waals surface area contributed by atoms with Gasteiger partial charge in [-0.1, -0.05) is 34.8 Å². The minimum Gasteiger partial charge on any atom is -0.382 e. The Hall–Kier alpha value is 0.110. The minimum absolute atomic E-state index is 0.491. The zero-order valence-corrected chi connectivity index (χ0v) is 7.66. The quantitative estimate of drug-likeness (QED) is 0.692. The van der Waals surface area contributed by atoms with Gasteiger partial charge in [-0.25, -0.2) is 0 Å². The normalized spacial score (nSPS) is 14.9. The van der Waals surface area contributed by atoms with E-state index in [2.05, 4.69) is 4.98 Å². The van der Waals surface area contributed by atoms with Crippen molar-refractivity contribution >= 4 is 34.8 Å². The van der Waals surface area contributed by atoms with Crippen LogP contribution in [0.5, 0.6) is 0 Å². The summed E-state index contributed by atoms with van der Waals surface area (Å²) in [5.41, 5.74) is 0.491. The molecule has 0 bridgehead atoms. The second kappa shape index (κ2) is 3.23. The van der Waals surface area contributed by atoms with Crippen molar-refractivity contribution in [2.45, 2.75) is 9.90 Å². The second-order valence-electron chi connectivity index (χ2n) is 2.07. The third kappa shape index (κ3) is 2.27. The van der Waals surface area contributed by atoms with Crippen LogP contribution in [-0.4, -0.2) is 13.9 Å². The number of aliphatic hydroxyl groups excluding tert-OH is 1. The maximum absolute atomic E-state index is 9.32. The van der Waals surface area contributed by atoms with E-state index in [1.54, 1.807) is 18.3 Å².